The molecule has 1 N–H and O–H groups in total. The number of aromatic nitrogens is 2. The minimum Gasteiger partial charge on any atom is -0.374 e. The van der Waals surface area contributed by atoms with Crippen molar-refractivity contribution in [2.24, 2.45) is 0 Å². The third-order valence-electron chi connectivity index (χ3n) is 3.69. The summed E-state index contributed by atoms with van der Waals surface area (Å²) in [4.78, 5) is 0. The number of rotatable bonds is 5. The van der Waals surface area contributed by atoms with Crippen LogP contribution in [0.4, 0.5) is 23.2 Å². The average molecular weight is 364 g/mol. The SMILES string of the molecule is CCc1nn(CC)c(-c2ccc(N[C@H](C)C(F)(F)F)cc2F)c1Cl. The molecule has 1 heterocycles. The predicted molar refractivity (Wildman–Crippen MR) is 86.8 cm³/mol. The van der Waals surface area contributed by atoms with Gasteiger partial charge in [0.2, 0.25) is 0 Å². The molecule has 0 radical (unpaired) electrons. The summed E-state index contributed by atoms with van der Waals surface area (Å²) in [5.41, 5.74) is 1.35. The summed E-state index contributed by atoms with van der Waals surface area (Å²) >= 11 is 6.28. The summed E-state index contributed by atoms with van der Waals surface area (Å²) in [5.74, 6) is -0.659. The lowest BCUT2D eigenvalue weighted by Crippen LogP contribution is -2.33. The van der Waals surface area contributed by atoms with Gasteiger partial charge in [0.15, 0.2) is 0 Å². The van der Waals surface area contributed by atoms with Crippen molar-refractivity contribution in [3.8, 4) is 11.3 Å². The van der Waals surface area contributed by atoms with Gasteiger partial charge in [-0.2, -0.15) is 18.3 Å². The van der Waals surface area contributed by atoms with Crippen LogP contribution in [-0.4, -0.2) is 22.0 Å². The molecule has 0 fully saturated rings. The second kappa shape index (κ2) is 7.01. The molecule has 2 aromatic rings. The van der Waals surface area contributed by atoms with E-state index in [-0.39, 0.29) is 11.3 Å². The van der Waals surface area contributed by atoms with E-state index in [0.717, 1.165) is 13.0 Å². The van der Waals surface area contributed by atoms with E-state index in [1.165, 1.54) is 12.1 Å². The van der Waals surface area contributed by atoms with Crippen LogP contribution in [0.25, 0.3) is 11.3 Å². The Hall–Kier alpha value is -1.76. The number of anilines is 1. The van der Waals surface area contributed by atoms with Crippen molar-refractivity contribution in [1.29, 1.82) is 0 Å². The second-order valence-electron chi connectivity index (χ2n) is 5.38. The Bertz CT molecular complexity index is 725. The Morgan fingerprint density at radius 1 is 1.29 bits per heavy atom. The van der Waals surface area contributed by atoms with E-state index >= 15 is 0 Å². The molecule has 1 aromatic heterocycles. The lowest BCUT2D eigenvalue weighted by atomic mass is 10.1. The molecule has 0 aliphatic carbocycles. The highest BCUT2D eigenvalue weighted by Crippen LogP contribution is 2.34. The lowest BCUT2D eigenvalue weighted by molar-refractivity contribution is -0.138. The largest absolute Gasteiger partial charge is 0.408 e. The molecule has 0 spiro atoms. The Morgan fingerprint density at radius 3 is 2.46 bits per heavy atom. The Labute approximate surface area is 142 Å². The molecule has 0 aliphatic heterocycles. The van der Waals surface area contributed by atoms with Gasteiger partial charge in [0, 0.05) is 17.8 Å². The highest BCUT2D eigenvalue weighted by atomic mass is 35.5. The summed E-state index contributed by atoms with van der Waals surface area (Å²) in [6, 6.07) is 2.07. The van der Waals surface area contributed by atoms with E-state index in [4.69, 9.17) is 11.6 Å². The fourth-order valence-electron chi connectivity index (χ4n) is 2.33. The van der Waals surface area contributed by atoms with Gasteiger partial charge in [0.05, 0.1) is 16.4 Å². The summed E-state index contributed by atoms with van der Waals surface area (Å²) in [6.07, 6.45) is -3.81. The molecule has 0 saturated heterocycles. The van der Waals surface area contributed by atoms with Gasteiger partial charge >= 0.3 is 6.18 Å². The maximum absolute atomic E-state index is 14.5. The molecule has 0 unspecified atom stereocenters. The van der Waals surface area contributed by atoms with Gasteiger partial charge in [-0.3, -0.25) is 4.68 Å². The van der Waals surface area contributed by atoms with E-state index in [1.807, 2.05) is 13.8 Å². The highest BCUT2D eigenvalue weighted by molar-refractivity contribution is 6.33. The smallest absolute Gasteiger partial charge is 0.374 e. The van der Waals surface area contributed by atoms with Crippen molar-refractivity contribution in [2.75, 3.05) is 5.32 Å². The molecule has 2 rings (SSSR count). The van der Waals surface area contributed by atoms with Gasteiger partial charge in [-0.05, 0) is 38.5 Å². The minimum atomic E-state index is -4.41. The van der Waals surface area contributed by atoms with Gasteiger partial charge in [-0.15, -0.1) is 0 Å². The van der Waals surface area contributed by atoms with E-state index in [2.05, 4.69) is 10.4 Å². The van der Waals surface area contributed by atoms with Crippen molar-refractivity contribution in [2.45, 2.75) is 46.0 Å². The monoisotopic (exact) mass is 363 g/mol. The van der Waals surface area contributed by atoms with E-state index in [1.54, 1.807) is 4.68 Å². The second-order valence-corrected chi connectivity index (χ2v) is 5.76. The zero-order valence-electron chi connectivity index (χ0n) is 13.5. The molecule has 1 aromatic carbocycles. The van der Waals surface area contributed by atoms with Crippen LogP contribution in [0.3, 0.4) is 0 Å². The molecule has 8 heteroatoms. The molecule has 1 atom stereocenters. The molecular weight excluding hydrogens is 346 g/mol. The van der Waals surface area contributed by atoms with Crippen molar-refractivity contribution in [3.63, 3.8) is 0 Å². The summed E-state index contributed by atoms with van der Waals surface area (Å²) in [6.45, 7) is 5.22. The van der Waals surface area contributed by atoms with Gasteiger partial charge in [-0.25, -0.2) is 4.39 Å². The van der Waals surface area contributed by atoms with Crippen molar-refractivity contribution >= 4 is 17.3 Å². The summed E-state index contributed by atoms with van der Waals surface area (Å²) in [5, 5.41) is 6.93. The standard InChI is InChI=1S/C16H18ClF4N3/c1-4-13-14(17)15(24(5-2)23-13)11-7-6-10(8-12(11)18)22-9(3)16(19,20)21/h6-9,22H,4-5H2,1-3H3/t9-/m1/s1. The fourth-order valence-corrected chi connectivity index (χ4v) is 2.70. The summed E-state index contributed by atoms with van der Waals surface area (Å²) < 4.78 is 53.8. The number of aryl methyl sites for hydroxylation is 2. The topological polar surface area (TPSA) is 29.9 Å². The molecule has 3 nitrogen and oxygen atoms in total. The lowest BCUT2D eigenvalue weighted by Gasteiger charge is -2.18. The number of hydrogen-bond donors (Lipinski definition) is 1. The Morgan fingerprint density at radius 2 is 1.96 bits per heavy atom. The van der Waals surface area contributed by atoms with Crippen molar-refractivity contribution < 1.29 is 17.6 Å². The maximum atomic E-state index is 14.5. The van der Waals surface area contributed by atoms with Crippen LogP contribution in [0, 0.1) is 5.82 Å². The van der Waals surface area contributed by atoms with E-state index in [0.29, 0.717) is 29.4 Å². The van der Waals surface area contributed by atoms with Crippen LogP contribution in [0.5, 0.6) is 0 Å². The third-order valence-corrected chi connectivity index (χ3v) is 4.09. The van der Waals surface area contributed by atoms with Crippen LogP contribution in [-0.2, 0) is 13.0 Å². The molecule has 24 heavy (non-hydrogen) atoms. The fraction of sp³-hybridized carbons (Fsp3) is 0.438. The van der Waals surface area contributed by atoms with Crippen LogP contribution >= 0.6 is 11.6 Å². The Balaban J connectivity index is 2.39. The van der Waals surface area contributed by atoms with Crippen LogP contribution in [0.1, 0.15) is 26.5 Å². The zero-order chi connectivity index (χ0) is 18.1. The van der Waals surface area contributed by atoms with Crippen LogP contribution in [0.2, 0.25) is 5.02 Å². The first-order chi connectivity index (χ1) is 11.2. The molecule has 0 bridgehead atoms. The average Bonchev–Trinajstić information content (AvgIpc) is 2.82. The molecule has 132 valence electrons. The predicted octanol–water partition coefficient (Wildman–Crippen LogP) is 5.29. The Kier molecular flexibility index (Phi) is 5.42. The molecule has 0 saturated carbocycles. The zero-order valence-corrected chi connectivity index (χ0v) is 14.3. The maximum Gasteiger partial charge on any atom is 0.408 e. The normalized spacial score (nSPS) is 13.2. The van der Waals surface area contributed by atoms with Crippen LogP contribution < -0.4 is 5.32 Å². The number of hydrogen-bond acceptors (Lipinski definition) is 2. The number of nitrogens with zero attached hydrogens (tertiary/aromatic N) is 2. The van der Waals surface area contributed by atoms with Crippen LogP contribution in [0.15, 0.2) is 18.2 Å². The third kappa shape index (κ3) is 3.66. The summed E-state index contributed by atoms with van der Waals surface area (Å²) in [7, 11) is 0. The van der Waals surface area contributed by atoms with E-state index < -0.39 is 18.0 Å². The molecular formula is C16H18ClF4N3. The quantitative estimate of drug-likeness (QED) is 0.732. The van der Waals surface area contributed by atoms with Crippen molar-refractivity contribution in [3.05, 3.63) is 34.7 Å². The molecule has 0 aliphatic rings. The van der Waals surface area contributed by atoms with Crippen molar-refractivity contribution in [1.82, 2.24) is 9.78 Å². The van der Waals surface area contributed by atoms with Gasteiger partial charge in [0.25, 0.3) is 0 Å². The highest BCUT2D eigenvalue weighted by Gasteiger charge is 2.36. The number of alkyl halides is 3. The number of benzene rings is 1. The molecule has 0 amide bonds. The van der Waals surface area contributed by atoms with Gasteiger partial charge < -0.3 is 5.32 Å². The first-order valence-corrected chi connectivity index (χ1v) is 7.95. The first kappa shape index (κ1) is 18.6. The van der Waals surface area contributed by atoms with Gasteiger partial charge in [0.1, 0.15) is 11.9 Å². The number of nitrogens with one attached hydrogen (secondary N) is 1. The minimum absolute atomic E-state index is 0.0514. The van der Waals surface area contributed by atoms with E-state index in [9.17, 15) is 17.6 Å². The van der Waals surface area contributed by atoms with Gasteiger partial charge in [-0.1, -0.05) is 18.5 Å². The number of halogens is 5. The first-order valence-electron chi connectivity index (χ1n) is 7.57.